The SMILES string of the molecule is CC(C)N(Cc1ccccc1)c1ncc(CCl)cc1Cl. The van der Waals surface area contributed by atoms with Gasteiger partial charge in [-0.15, -0.1) is 11.6 Å². The lowest BCUT2D eigenvalue weighted by Crippen LogP contribution is -2.31. The first-order valence-electron chi connectivity index (χ1n) is 6.62. The summed E-state index contributed by atoms with van der Waals surface area (Å²) in [7, 11) is 0. The van der Waals surface area contributed by atoms with Gasteiger partial charge in [0.2, 0.25) is 0 Å². The number of anilines is 1. The Morgan fingerprint density at radius 1 is 1.15 bits per heavy atom. The molecule has 0 fully saturated rings. The number of rotatable bonds is 5. The van der Waals surface area contributed by atoms with E-state index in [4.69, 9.17) is 23.2 Å². The first-order chi connectivity index (χ1) is 9.61. The van der Waals surface area contributed by atoms with Gasteiger partial charge in [-0.1, -0.05) is 41.9 Å². The van der Waals surface area contributed by atoms with Crippen LogP contribution in [-0.4, -0.2) is 11.0 Å². The van der Waals surface area contributed by atoms with Crippen LogP contribution in [-0.2, 0) is 12.4 Å². The molecule has 1 heterocycles. The van der Waals surface area contributed by atoms with Crippen molar-refractivity contribution in [3.8, 4) is 0 Å². The lowest BCUT2D eigenvalue weighted by molar-refractivity contribution is 0.672. The Morgan fingerprint density at radius 2 is 1.85 bits per heavy atom. The molecule has 20 heavy (non-hydrogen) atoms. The number of nitrogens with zero attached hydrogens (tertiary/aromatic N) is 2. The molecule has 0 radical (unpaired) electrons. The van der Waals surface area contributed by atoms with E-state index in [1.807, 2.05) is 24.3 Å². The molecule has 0 atom stereocenters. The van der Waals surface area contributed by atoms with E-state index in [0.29, 0.717) is 16.9 Å². The van der Waals surface area contributed by atoms with Gasteiger partial charge in [0.1, 0.15) is 5.82 Å². The average Bonchev–Trinajstić information content (AvgIpc) is 2.46. The number of hydrogen-bond acceptors (Lipinski definition) is 2. The van der Waals surface area contributed by atoms with Crippen LogP contribution >= 0.6 is 23.2 Å². The molecular formula is C16H18Cl2N2. The normalized spacial score (nSPS) is 10.8. The zero-order chi connectivity index (χ0) is 14.5. The fraction of sp³-hybridized carbons (Fsp3) is 0.312. The third-order valence-electron chi connectivity index (χ3n) is 3.12. The second-order valence-electron chi connectivity index (χ2n) is 4.99. The first kappa shape index (κ1) is 15.1. The van der Waals surface area contributed by atoms with Gasteiger partial charge in [0.15, 0.2) is 0 Å². The maximum atomic E-state index is 6.35. The summed E-state index contributed by atoms with van der Waals surface area (Å²) in [5, 5.41) is 0.646. The molecule has 0 aliphatic rings. The van der Waals surface area contributed by atoms with E-state index < -0.39 is 0 Å². The van der Waals surface area contributed by atoms with Gasteiger partial charge in [0, 0.05) is 24.7 Å². The second-order valence-corrected chi connectivity index (χ2v) is 5.66. The molecule has 0 unspecified atom stereocenters. The van der Waals surface area contributed by atoms with Crippen LogP contribution in [0.1, 0.15) is 25.0 Å². The van der Waals surface area contributed by atoms with Crippen LogP contribution in [0.4, 0.5) is 5.82 Å². The molecule has 2 rings (SSSR count). The van der Waals surface area contributed by atoms with Gasteiger partial charge in [-0.05, 0) is 31.0 Å². The van der Waals surface area contributed by atoms with Crippen molar-refractivity contribution in [2.45, 2.75) is 32.3 Å². The zero-order valence-electron chi connectivity index (χ0n) is 11.7. The number of benzene rings is 1. The molecule has 0 saturated carbocycles. The average molecular weight is 309 g/mol. The summed E-state index contributed by atoms with van der Waals surface area (Å²) in [6.07, 6.45) is 1.79. The topological polar surface area (TPSA) is 16.1 Å². The summed E-state index contributed by atoms with van der Waals surface area (Å²) in [6.45, 7) is 5.05. The fourth-order valence-corrected chi connectivity index (χ4v) is 2.48. The Hall–Kier alpha value is -1.25. The van der Waals surface area contributed by atoms with Gasteiger partial charge < -0.3 is 4.90 Å². The van der Waals surface area contributed by atoms with Gasteiger partial charge in [0.05, 0.1) is 5.02 Å². The molecular weight excluding hydrogens is 291 g/mol. The van der Waals surface area contributed by atoms with Crippen molar-refractivity contribution in [3.05, 3.63) is 58.7 Å². The smallest absolute Gasteiger partial charge is 0.147 e. The molecule has 0 N–H and O–H groups in total. The molecule has 0 aliphatic carbocycles. The predicted molar refractivity (Wildman–Crippen MR) is 86.6 cm³/mol. The van der Waals surface area contributed by atoms with Gasteiger partial charge in [0.25, 0.3) is 0 Å². The molecule has 4 heteroatoms. The minimum atomic E-state index is 0.307. The minimum absolute atomic E-state index is 0.307. The van der Waals surface area contributed by atoms with Crippen molar-refractivity contribution < 1.29 is 0 Å². The Morgan fingerprint density at radius 3 is 2.40 bits per heavy atom. The Balaban J connectivity index is 2.29. The molecule has 0 amide bonds. The van der Waals surface area contributed by atoms with Gasteiger partial charge in [-0.2, -0.15) is 0 Å². The summed E-state index contributed by atoms with van der Waals surface area (Å²) in [5.74, 6) is 1.23. The Kier molecular flexibility index (Phi) is 5.27. The fourth-order valence-electron chi connectivity index (χ4n) is 2.04. The number of aromatic nitrogens is 1. The van der Waals surface area contributed by atoms with E-state index >= 15 is 0 Å². The molecule has 0 spiro atoms. The molecule has 0 bridgehead atoms. The van der Waals surface area contributed by atoms with E-state index in [2.05, 4.69) is 35.9 Å². The van der Waals surface area contributed by atoms with E-state index in [0.717, 1.165) is 17.9 Å². The largest absolute Gasteiger partial charge is 0.349 e. The van der Waals surface area contributed by atoms with Crippen LogP contribution in [0.2, 0.25) is 5.02 Å². The maximum absolute atomic E-state index is 6.35. The third-order valence-corrected chi connectivity index (χ3v) is 3.71. The lowest BCUT2D eigenvalue weighted by Gasteiger charge is -2.29. The highest BCUT2D eigenvalue weighted by Gasteiger charge is 2.16. The van der Waals surface area contributed by atoms with Crippen LogP contribution in [0.3, 0.4) is 0 Å². The van der Waals surface area contributed by atoms with Crippen LogP contribution < -0.4 is 4.90 Å². The van der Waals surface area contributed by atoms with E-state index in [1.165, 1.54) is 5.56 Å². The summed E-state index contributed by atoms with van der Waals surface area (Å²) in [6, 6.07) is 12.5. The van der Waals surface area contributed by atoms with Crippen molar-refractivity contribution in [2.75, 3.05) is 4.90 Å². The van der Waals surface area contributed by atoms with Crippen molar-refractivity contribution in [2.24, 2.45) is 0 Å². The first-order valence-corrected chi connectivity index (χ1v) is 7.54. The standard InChI is InChI=1S/C16H18Cl2N2/c1-12(2)20(11-13-6-4-3-5-7-13)16-15(18)8-14(9-17)10-19-16/h3-8,10,12H,9,11H2,1-2H3. The molecule has 1 aromatic heterocycles. The third kappa shape index (κ3) is 3.65. The second kappa shape index (κ2) is 6.96. The number of hydrogen-bond donors (Lipinski definition) is 0. The van der Waals surface area contributed by atoms with Gasteiger partial charge in [-0.25, -0.2) is 4.98 Å². The van der Waals surface area contributed by atoms with Crippen molar-refractivity contribution in [3.63, 3.8) is 0 Å². The maximum Gasteiger partial charge on any atom is 0.147 e. The monoisotopic (exact) mass is 308 g/mol. The highest BCUT2D eigenvalue weighted by atomic mass is 35.5. The van der Waals surface area contributed by atoms with Crippen molar-refractivity contribution in [1.82, 2.24) is 4.98 Å². The Bertz CT molecular complexity index is 556. The zero-order valence-corrected chi connectivity index (χ0v) is 13.2. The van der Waals surface area contributed by atoms with Crippen molar-refractivity contribution >= 4 is 29.0 Å². The van der Waals surface area contributed by atoms with Gasteiger partial charge >= 0.3 is 0 Å². The summed E-state index contributed by atoms with van der Waals surface area (Å²) >= 11 is 12.2. The molecule has 2 nitrogen and oxygen atoms in total. The molecule has 106 valence electrons. The van der Waals surface area contributed by atoms with Crippen molar-refractivity contribution in [1.29, 1.82) is 0 Å². The minimum Gasteiger partial charge on any atom is -0.349 e. The highest BCUT2D eigenvalue weighted by molar-refractivity contribution is 6.33. The quantitative estimate of drug-likeness (QED) is 0.731. The summed E-state index contributed by atoms with van der Waals surface area (Å²) in [5.41, 5.74) is 2.17. The summed E-state index contributed by atoms with van der Waals surface area (Å²) in [4.78, 5) is 6.67. The summed E-state index contributed by atoms with van der Waals surface area (Å²) < 4.78 is 0. The van der Waals surface area contributed by atoms with Crippen LogP contribution in [0.25, 0.3) is 0 Å². The van der Waals surface area contributed by atoms with Crippen LogP contribution in [0, 0.1) is 0 Å². The molecule has 2 aromatic rings. The molecule has 1 aromatic carbocycles. The van der Waals surface area contributed by atoms with E-state index in [-0.39, 0.29) is 0 Å². The van der Waals surface area contributed by atoms with Crippen LogP contribution in [0.15, 0.2) is 42.6 Å². The van der Waals surface area contributed by atoms with E-state index in [9.17, 15) is 0 Å². The number of pyridine rings is 1. The molecule has 0 saturated heterocycles. The highest BCUT2D eigenvalue weighted by Crippen LogP contribution is 2.27. The Labute approximate surface area is 130 Å². The number of alkyl halides is 1. The van der Waals surface area contributed by atoms with Gasteiger partial charge in [-0.3, -0.25) is 0 Å². The van der Waals surface area contributed by atoms with Crippen LogP contribution in [0.5, 0.6) is 0 Å². The lowest BCUT2D eigenvalue weighted by atomic mass is 10.2. The predicted octanol–water partition coefficient (Wildman–Crippen LogP) is 4.89. The van der Waals surface area contributed by atoms with E-state index in [1.54, 1.807) is 6.20 Å². The number of halogens is 2. The molecule has 0 aliphatic heterocycles.